The third kappa shape index (κ3) is 3.28. The van der Waals surface area contributed by atoms with E-state index < -0.39 is 5.41 Å². The van der Waals surface area contributed by atoms with Crippen LogP contribution in [0.25, 0.3) is 0 Å². The molecule has 110 valence electrons. The van der Waals surface area contributed by atoms with Gasteiger partial charge in [-0.25, -0.2) is 0 Å². The Hall–Kier alpha value is -1.19. The van der Waals surface area contributed by atoms with Crippen LogP contribution < -0.4 is 0 Å². The zero-order chi connectivity index (χ0) is 14.6. The molecule has 0 aliphatic carbocycles. The van der Waals surface area contributed by atoms with E-state index in [1.54, 1.807) is 7.11 Å². The highest BCUT2D eigenvalue weighted by molar-refractivity contribution is 5.68. The van der Waals surface area contributed by atoms with Gasteiger partial charge in [0.1, 0.15) is 6.29 Å². The van der Waals surface area contributed by atoms with E-state index in [4.69, 9.17) is 4.74 Å². The molecule has 1 aromatic rings. The number of methoxy groups -OCH3 is 1. The van der Waals surface area contributed by atoms with Crippen molar-refractivity contribution in [1.29, 1.82) is 0 Å². The van der Waals surface area contributed by atoms with Gasteiger partial charge in [-0.15, -0.1) is 0 Å². The lowest BCUT2D eigenvalue weighted by Crippen LogP contribution is -2.49. The van der Waals surface area contributed by atoms with E-state index in [0.29, 0.717) is 5.92 Å². The smallest absolute Gasteiger partial charge is 0.131 e. The molecule has 2 rings (SSSR count). The lowest BCUT2D eigenvalue weighted by molar-refractivity contribution is -0.113. The lowest BCUT2D eigenvalue weighted by atomic mass is 9.82. The highest BCUT2D eigenvalue weighted by atomic mass is 16.5. The first kappa shape index (κ1) is 15.2. The zero-order valence-corrected chi connectivity index (χ0v) is 12.7. The van der Waals surface area contributed by atoms with Gasteiger partial charge < -0.3 is 9.53 Å². The van der Waals surface area contributed by atoms with Crippen molar-refractivity contribution in [3.63, 3.8) is 0 Å². The standard InChI is InChI=1S/C17H25NO2/c1-14-9-10-18(11-16(14)20-3)12-17(2,13-19)15-7-5-4-6-8-15/h4-8,13-14,16H,9-12H2,1-3H3. The third-order valence-corrected chi connectivity index (χ3v) is 4.52. The molecule has 3 unspecified atom stereocenters. The Kier molecular flexibility index (Phi) is 4.95. The first-order valence-corrected chi connectivity index (χ1v) is 7.36. The largest absolute Gasteiger partial charge is 0.380 e. The van der Waals surface area contributed by atoms with Crippen LogP contribution in [0.15, 0.2) is 30.3 Å². The molecule has 0 N–H and O–H groups in total. The molecular formula is C17H25NO2. The van der Waals surface area contributed by atoms with Crippen LogP contribution in [0.3, 0.4) is 0 Å². The van der Waals surface area contributed by atoms with Gasteiger partial charge in [0.15, 0.2) is 0 Å². The van der Waals surface area contributed by atoms with E-state index >= 15 is 0 Å². The number of carbonyl (C=O) groups is 1. The molecule has 1 fully saturated rings. The summed E-state index contributed by atoms with van der Waals surface area (Å²) in [6.07, 6.45) is 2.49. The van der Waals surface area contributed by atoms with Gasteiger partial charge >= 0.3 is 0 Å². The second-order valence-corrected chi connectivity index (χ2v) is 6.18. The van der Waals surface area contributed by atoms with Crippen molar-refractivity contribution in [2.45, 2.75) is 31.8 Å². The molecule has 0 aromatic heterocycles. The molecule has 1 aliphatic rings. The minimum absolute atomic E-state index is 0.274. The molecule has 3 atom stereocenters. The number of likely N-dealkylation sites (tertiary alicyclic amines) is 1. The summed E-state index contributed by atoms with van der Waals surface area (Å²) in [7, 11) is 1.78. The third-order valence-electron chi connectivity index (χ3n) is 4.52. The highest BCUT2D eigenvalue weighted by Gasteiger charge is 2.33. The number of aldehydes is 1. The molecule has 1 heterocycles. The van der Waals surface area contributed by atoms with Crippen LogP contribution in [0, 0.1) is 5.92 Å². The average Bonchev–Trinajstić information content (AvgIpc) is 2.50. The second-order valence-electron chi connectivity index (χ2n) is 6.18. The molecule has 0 saturated carbocycles. The van der Waals surface area contributed by atoms with E-state index in [0.717, 1.165) is 37.9 Å². The average molecular weight is 275 g/mol. The molecule has 3 nitrogen and oxygen atoms in total. The van der Waals surface area contributed by atoms with Gasteiger partial charge in [-0.3, -0.25) is 4.90 Å². The number of nitrogens with zero attached hydrogens (tertiary/aromatic N) is 1. The number of rotatable bonds is 5. The fourth-order valence-electron chi connectivity index (χ4n) is 3.03. The molecule has 0 bridgehead atoms. The molecule has 20 heavy (non-hydrogen) atoms. The van der Waals surface area contributed by atoms with Gasteiger partial charge in [0.2, 0.25) is 0 Å². The predicted molar refractivity (Wildman–Crippen MR) is 80.9 cm³/mol. The van der Waals surface area contributed by atoms with Crippen molar-refractivity contribution in [3.05, 3.63) is 35.9 Å². The summed E-state index contributed by atoms with van der Waals surface area (Å²) in [4.78, 5) is 14.0. The Balaban J connectivity index is 2.09. The van der Waals surface area contributed by atoms with Crippen molar-refractivity contribution in [1.82, 2.24) is 4.90 Å². The topological polar surface area (TPSA) is 29.5 Å². The summed E-state index contributed by atoms with van der Waals surface area (Å²) in [6.45, 7) is 6.97. The van der Waals surface area contributed by atoms with Gasteiger partial charge in [0, 0.05) is 20.2 Å². The summed E-state index contributed by atoms with van der Waals surface area (Å²) in [6, 6.07) is 10.0. The van der Waals surface area contributed by atoms with Gasteiger partial charge in [-0.1, -0.05) is 37.3 Å². The zero-order valence-electron chi connectivity index (χ0n) is 12.7. The maximum atomic E-state index is 11.7. The monoisotopic (exact) mass is 275 g/mol. The van der Waals surface area contributed by atoms with E-state index in [9.17, 15) is 4.79 Å². The molecule has 0 amide bonds. The van der Waals surface area contributed by atoms with E-state index in [-0.39, 0.29) is 6.10 Å². The highest BCUT2D eigenvalue weighted by Crippen LogP contribution is 2.26. The second kappa shape index (κ2) is 6.51. The van der Waals surface area contributed by atoms with Crippen molar-refractivity contribution in [3.8, 4) is 0 Å². The van der Waals surface area contributed by atoms with Crippen molar-refractivity contribution in [2.75, 3.05) is 26.7 Å². The summed E-state index contributed by atoms with van der Waals surface area (Å²) in [5.41, 5.74) is 0.641. The lowest BCUT2D eigenvalue weighted by Gasteiger charge is -2.39. The van der Waals surface area contributed by atoms with E-state index in [1.165, 1.54) is 0 Å². The van der Waals surface area contributed by atoms with Crippen LogP contribution in [0.2, 0.25) is 0 Å². The van der Waals surface area contributed by atoms with Crippen LogP contribution in [0.1, 0.15) is 25.8 Å². The number of hydrogen-bond acceptors (Lipinski definition) is 3. The number of benzene rings is 1. The molecule has 0 radical (unpaired) electrons. The summed E-state index contributed by atoms with van der Waals surface area (Å²) < 4.78 is 5.56. The first-order chi connectivity index (χ1) is 9.59. The Bertz CT molecular complexity index is 434. The van der Waals surface area contributed by atoms with Gasteiger partial charge in [-0.2, -0.15) is 0 Å². The van der Waals surface area contributed by atoms with Crippen LogP contribution in [0.4, 0.5) is 0 Å². The van der Waals surface area contributed by atoms with Gasteiger partial charge in [-0.05, 0) is 31.4 Å². The first-order valence-electron chi connectivity index (χ1n) is 7.36. The van der Waals surface area contributed by atoms with Gasteiger partial charge in [0.25, 0.3) is 0 Å². The molecule has 1 aromatic carbocycles. The number of hydrogen-bond donors (Lipinski definition) is 0. The Labute approximate surface area is 121 Å². The fraction of sp³-hybridized carbons (Fsp3) is 0.588. The molecular weight excluding hydrogens is 250 g/mol. The SMILES string of the molecule is COC1CN(CC(C)(C=O)c2ccccc2)CCC1C. The van der Waals surface area contributed by atoms with Crippen molar-refractivity contribution >= 4 is 6.29 Å². The maximum Gasteiger partial charge on any atom is 0.131 e. The Morgan fingerprint density at radius 3 is 2.70 bits per heavy atom. The fourth-order valence-corrected chi connectivity index (χ4v) is 3.03. The quantitative estimate of drug-likeness (QED) is 0.773. The Morgan fingerprint density at radius 1 is 1.40 bits per heavy atom. The van der Waals surface area contributed by atoms with E-state index in [1.807, 2.05) is 37.3 Å². The van der Waals surface area contributed by atoms with Crippen LogP contribution in [-0.2, 0) is 14.9 Å². The van der Waals surface area contributed by atoms with Crippen LogP contribution in [0.5, 0.6) is 0 Å². The van der Waals surface area contributed by atoms with Crippen LogP contribution >= 0.6 is 0 Å². The molecule has 0 spiro atoms. The molecule has 1 saturated heterocycles. The van der Waals surface area contributed by atoms with Crippen molar-refractivity contribution in [2.24, 2.45) is 5.92 Å². The minimum Gasteiger partial charge on any atom is -0.380 e. The minimum atomic E-state index is -0.444. The predicted octanol–water partition coefficient (Wildman–Crippen LogP) is 2.50. The Morgan fingerprint density at radius 2 is 2.10 bits per heavy atom. The summed E-state index contributed by atoms with van der Waals surface area (Å²) in [5.74, 6) is 0.593. The van der Waals surface area contributed by atoms with E-state index in [2.05, 4.69) is 11.8 Å². The summed E-state index contributed by atoms with van der Waals surface area (Å²) in [5, 5.41) is 0. The maximum absolute atomic E-state index is 11.7. The number of piperidine rings is 1. The van der Waals surface area contributed by atoms with Gasteiger partial charge in [0.05, 0.1) is 11.5 Å². The van der Waals surface area contributed by atoms with Crippen LogP contribution in [-0.4, -0.2) is 44.0 Å². The molecule has 3 heteroatoms. The summed E-state index contributed by atoms with van der Waals surface area (Å²) >= 11 is 0. The number of ether oxygens (including phenoxy) is 1. The van der Waals surface area contributed by atoms with Crippen molar-refractivity contribution < 1.29 is 9.53 Å². The number of carbonyl (C=O) groups excluding carboxylic acids is 1. The normalized spacial score (nSPS) is 26.9. The molecule has 1 aliphatic heterocycles.